The summed E-state index contributed by atoms with van der Waals surface area (Å²) in [7, 11) is 0. The maximum absolute atomic E-state index is 12.5. The van der Waals surface area contributed by atoms with Gasteiger partial charge in [0.05, 0.1) is 21.3 Å². The van der Waals surface area contributed by atoms with Crippen molar-refractivity contribution in [3.63, 3.8) is 0 Å². The SMILES string of the molecule is CC(C)c1cc(C(=O)NNC(=O)Nc2cccc(Cl)c2Cl)c(O)c(C(C)C)c1. The van der Waals surface area contributed by atoms with Crippen LogP contribution < -0.4 is 16.2 Å². The van der Waals surface area contributed by atoms with E-state index in [0.29, 0.717) is 16.3 Å². The maximum Gasteiger partial charge on any atom is 0.337 e. The molecule has 0 spiro atoms. The molecule has 2 aromatic rings. The number of anilines is 1. The summed E-state index contributed by atoms with van der Waals surface area (Å²) in [5, 5.41) is 13.5. The molecule has 0 fully saturated rings. The third-order valence-electron chi connectivity index (χ3n) is 4.18. The van der Waals surface area contributed by atoms with E-state index in [1.807, 2.05) is 33.8 Å². The van der Waals surface area contributed by atoms with E-state index in [0.717, 1.165) is 5.56 Å². The summed E-state index contributed by atoms with van der Waals surface area (Å²) in [4.78, 5) is 24.6. The topological polar surface area (TPSA) is 90.5 Å². The Labute approximate surface area is 174 Å². The summed E-state index contributed by atoms with van der Waals surface area (Å²) < 4.78 is 0. The molecule has 0 saturated heterocycles. The molecular weight excluding hydrogens is 401 g/mol. The van der Waals surface area contributed by atoms with Crippen LogP contribution in [0, 0.1) is 0 Å². The molecule has 0 aliphatic carbocycles. The molecule has 0 saturated carbocycles. The van der Waals surface area contributed by atoms with E-state index in [1.165, 1.54) is 0 Å². The number of phenols is 1. The number of nitrogens with one attached hydrogen (secondary N) is 3. The number of carbonyl (C=O) groups excluding carboxylic acids is 2. The van der Waals surface area contributed by atoms with Gasteiger partial charge in [0.1, 0.15) is 5.75 Å². The highest BCUT2D eigenvalue weighted by molar-refractivity contribution is 6.43. The molecule has 6 nitrogen and oxygen atoms in total. The Morgan fingerprint density at radius 2 is 1.68 bits per heavy atom. The summed E-state index contributed by atoms with van der Waals surface area (Å²) in [5.74, 6) is -0.524. The van der Waals surface area contributed by atoms with Crippen molar-refractivity contribution in [2.75, 3.05) is 5.32 Å². The minimum atomic E-state index is -0.707. The van der Waals surface area contributed by atoms with E-state index in [4.69, 9.17) is 23.2 Å². The lowest BCUT2D eigenvalue weighted by Crippen LogP contribution is -2.44. The number of halogens is 2. The van der Waals surface area contributed by atoms with Crippen molar-refractivity contribution < 1.29 is 14.7 Å². The summed E-state index contributed by atoms with van der Waals surface area (Å²) in [5.41, 5.74) is 6.51. The fourth-order valence-corrected chi connectivity index (χ4v) is 2.91. The predicted octanol–water partition coefficient (Wildman–Crippen LogP) is 5.41. The van der Waals surface area contributed by atoms with Gasteiger partial charge in [-0.2, -0.15) is 0 Å². The Kier molecular flexibility index (Phi) is 7.16. The van der Waals surface area contributed by atoms with Crippen LogP contribution in [0.2, 0.25) is 10.0 Å². The maximum atomic E-state index is 12.5. The van der Waals surface area contributed by atoms with Crippen LogP contribution in [0.4, 0.5) is 10.5 Å². The molecule has 0 aliphatic heterocycles. The Hall–Kier alpha value is -2.44. The van der Waals surface area contributed by atoms with Gasteiger partial charge in [-0.15, -0.1) is 0 Å². The molecule has 3 amide bonds. The number of hydrazine groups is 1. The van der Waals surface area contributed by atoms with Gasteiger partial charge in [0.25, 0.3) is 5.91 Å². The Morgan fingerprint density at radius 1 is 1.00 bits per heavy atom. The lowest BCUT2D eigenvalue weighted by atomic mass is 9.92. The lowest BCUT2D eigenvalue weighted by molar-refractivity contribution is 0.0935. The lowest BCUT2D eigenvalue weighted by Gasteiger charge is -2.17. The monoisotopic (exact) mass is 423 g/mol. The van der Waals surface area contributed by atoms with Gasteiger partial charge in [-0.3, -0.25) is 10.2 Å². The first-order chi connectivity index (χ1) is 13.1. The van der Waals surface area contributed by atoms with Gasteiger partial charge in [-0.25, -0.2) is 10.2 Å². The van der Waals surface area contributed by atoms with Crippen LogP contribution in [0.5, 0.6) is 5.75 Å². The summed E-state index contributed by atoms with van der Waals surface area (Å²) in [6.45, 7) is 7.86. The Morgan fingerprint density at radius 3 is 2.29 bits per heavy atom. The van der Waals surface area contributed by atoms with Crippen molar-refractivity contribution >= 4 is 40.8 Å². The van der Waals surface area contributed by atoms with Crippen LogP contribution in [-0.2, 0) is 0 Å². The van der Waals surface area contributed by atoms with Gasteiger partial charge in [0, 0.05) is 0 Å². The molecule has 4 N–H and O–H groups in total. The number of carbonyl (C=O) groups is 2. The third kappa shape index (κ3) is 5.09. The van der Waals surface area contributed by atoms with Crippen LogP contribution in [0.15, 0.2) is 30.3 Å². The van der Waals surface area contributed by atoms with Crippen LogP contribution in [0.3, 0.4) is 0 Å². The van der Waals surface area contributed by atoms with E-state index in [-0.39, 0.29) is 28.2 Å². The standard InChI is InChI=1S/C20H23Cl2N3O3/c1-10(2)12-8-13(11(3)4)18(26)14(9-12)19(27)24-25-20(28)23-16-7-5-6-15(21)17(16)22/h5-11,26H,1-4H3,(H,24,27)(H2,23,25,28). The van der Waals surface area contributed by atoms with Gasteiger partial charge in [-0.05, 0) is 41.2 Å². The number of benzene rings is 2. The molecule has 0 aliphatic rings. The van der Waals surface area contributed by atoms with Crippen molar-refractivity contribution in [2.45, 2.75) is 39.5 Å². The Bertz CT molecular complexity index is 899. The fraction of sp³-hybridized carbons (Fsp3) is 0.300. The van der Waals surface area contributed by atoms with Crippen molar-refractivity contribution in [3.8, 4) is 5.75 Å². The molecule has 150 valence electrons. The zero-order valence-corrected chi connectivity index (χ0v) is 17.6. The first kappa shape index (κ1) is 21.9. The summed E-state index contributed by atoms with van der Waals surface area (Å²) in [6.07, 6.45) is 0. The second-order valence-corrected chi connectivity index (χ2v) is 7.74. The van der Waals surface area contributed by atoms with E-state index in [1.54, 1.807) is 24.3 Å². The minimum absolute atomic E-state index is 0.0338. The van der Waals surface area contributed by atoms with Crippen LogP contribution >= 0.6 is 23.2 Å². The number of rotatable bonds is 4. The van der Waals surface area contributed by atoms with Crippen LogP contribution in [0.1, 0.15) is 61.0 Å². The second kappa shape index (κ2) is 9.17. The van der Waals surface area contributed by atoms with E-state index in [9.17, 15) is 14.7 Å². The molecule has 0 unspecified atom stereocenters. The van der Waals surface area contributed by atoms with Gasteiger partial charge in [0.15, 0.2) is 0 Å². The Balaban J connectivity index is 2.14. The zero-order valence-electron chi connectivity index (χ0n) is 16.1. The molecule has 8 heteroatoms. The fourth-order valence-electron chi connectivity index (χ4n) is 2.56. The molecule has 0 atom stereocenters. The smallest absolute Gasteiger partial charge is 0.337 e. The molecule has 0 heterocycles. The first-order valence-electron chi connectivity index (χ1n) is 8.80. The average molecular weight is 424 g/mol. The van der Waals surface area contributed by atoms with E-state index in [2.05, 4.69) is 16.2 Å². The molecular formula is C20H23Cl2N3O3. The van der Waals surface area contributed by atoms with Crippen molar-refractivity contribution in [1.29, 1.82) is 0 Å². The highest BCUT2D eigenvalue weighted by Gasteiger charge is 2.19. The largest absolute Gasteiger partial charge is 0.507 e. The van der Waals surface area contributed by atoms with Crippen molar-refractivity contribution in [2.24, 2.45) is 0 Å². The number of hydrogen-bond donors (Lipinski definition) is 4. The second-order valence-electron chi connectivity index (χ2n) is 6.95. The van der Waals surface area contributed by atoms with E-state index >= 15 is 0 Å². The number of hydrogen-bond acceptors (Lipinski definition) is 3. The predicted molar refractivity (Wildman–Crippen MR) is 112 cm³/mol. The molecule has 28 heavy (non-hydrogen) atoms. The highest BCUT2D eigenvalue weighted by atomic mass is 35.5. The normalized spacial score (nSPS) is 10.9. The number of urea groups is 1. The number of phenolic OH excluding ortho intramolecular Hbond substituents is 1. The molecule has 2 aromatic carbocycles. The average Bonchev–Trinajstić information content (AvgIpc) is 2.63. The molecule has 0 aromatic heterocycles. The summed E-state index contributed by atoms with van der Waals surface area (Å²) >= 11 is 11.9. The van der Waals surface area contributed by atoms with Gasteiger partial charge in [0.2, 0.25) is 0 Å². The third-order valence-corrected chi connectivity index (χ3v) is 5.00. The first-order valence-corrected chi connectivity index (χ1v) is 9.55. The summed E-state index contributed by atoms with van der Waals surface area (Å²) in [6, 6.07) is 7.59. The van der Waals surface area contributed by atoms with Gasteiger partial charge in [-0.1, -0.05) is 63.0 Å². The zero-order chi connectivity index (χ0) is 21.0. The molecule has 0 radical (unpaired) electrons. The van der Waals surface area contributed by atoms with Crippen molar-refractivity contribution in [3.05, 3.63) is 57.1 Å². The minimum Gasteiger partial charge on any atom is -0.507 e. The van der Waals surface area contributed by atoms with Crippen molar-refractivity contribution in [1.82, 2.24) is 10.9 Å². The van der Waals surface area contributed by atoms with Crippen LogP contribution in [0.25, 0.3) is 0 Å². The quantitative estimate of drug-likeness (QED) is 0.495. The van der Waals surface area contributed by atoms with Gasteiger partial charge >= 0.3 is 6.03 Å². The number of aromatic hydroxyl groups is 1. The highest BCUT2D eigenvalue weighted by Crippen LogP contribution is 2.33. The van der Waals surface area contributed by atoms with Gasteiger partial charge < -0.3 is 10.4 Å². The number of amides is 3. The molecule has 2 rings (SSSR count). The van der Waals surface area contributed by atoms with Crippen LogP contribution in [-0.4, -0.2) is 17.0 Å². The van der Waals surface area contributed by atoms with E-state index < -0.39 is 11.9 Å². The molecule has 0 bridgehead atoms.